The molecule has 0 amide bonds. The molecule has 0 atom stereocenters. The van der Waals surface area contributed by atoms with Crippen molar-refractivity contribution in [2.45, 2.75) is 9.79 Å². The van der Waals surface area contributed by atoms with Gasteiger partial charge in [0.1, 0.15) is 16.4 Å². The van der Waals surface area contributed by atoms with E-state index in [1.807, 2.05) is 0 Å². The van der Waals surface area contributed by atoms with Gasteiger partial charge in [0.25, 0.3) is 0 Å². The number of sulfone groups is 1. The molecule has 2 rings (SSSR count). The van der Waals surface area contributed by atoms with E-state index in [9.17, 15) is 13.5 Å². The number of rotatable bonds is 2. The highest BCUT2D eigenvalue weighted by Crippen LogP contribution is 2.28. The van der Waals surface area contributed by atoms with Crippen molar-refractivity contribution in [2.24, 2.45) is 0 Å². The maximum Gasteiger partial charge on any atom is 0.210 e. The molecule has 4 nitrogen and oxygen atoms in total. The van der Waals surface area contributed by atoms with Crippen LogP contribution in [0, 0.1) is 0 Å². The molecule has 5 heteroatoms. The molecule has 0 fully saturated rings. The second-order valence-electron chi connectivity index (χ2n) is 3.47. The molecule has 17 heavy (non-hydrogen) atoms. The summed E-state index contributed by atoms with van der Waals surface area (Å²) in [5.74, 6) is -0.304. The number of phenols is 2. The summed E-state index contributed by atoms with van der Waals surface area (Å²) in [7, 11) is -3.75. The maximum atomic E-state index is 12.1. The number of aromatic hydroxyl groups is 2. The molecule has 0 spiro atoms. The normalized spacial score (nSPS) is 11.3. The maximum absolute atomic E-state index is 12.1. The van der Waals surface area contributed by atoms with E-state index in [0.717, 1.165) is 0 Å². The minimum atomic E-state index is -3.75. The van der Waals surface area contributed by atoms with Gasteiger partial charge >= 0.3 is 0 Å². The van der Waals surface area contributed by atoms with Crippen LogP contribution in [0.5, 0.6) is 11.5 Å². The summed E-state index contributed by atoms with van der Waals surface area (Å²) in [6.07, 6.45) is 0. The van der Waals surface area contributed by atoms with E-state index in [0.29, 0.717) is 0 Å². The molecular weight excluding hydrogens is 252 g/mol. The van der Waals surface area contributed by atoms with E-state index in [-0.39, 0.29) is 21.3 Å². The van der Waals surface area contributed by atoms with Gasteiger partial charge in [0.05, 0.1) is 4.90 Å². The minimum Gasteiger partial charge on any atom is -0.508 e. The van der Waals surface area contributed by atoms with Crippen LogP contribution >= 0.6 is 0 Å². The average Bonchev–Trinajstić information content (AvgIpc) is 2.30. The lowest BCUT2D eigenvalue weighted by molar-refractivity contribution is 0.459. The topological polar surface area (TPSA) is 74.6 Å². The highest BCUT2D eigenvalue weighted by atomic mass is 32.2. The van der Waals surface area contributed by atoms with Gasteiger partial charge < -0.3 is 10.2 Å². The van der Waals surface area contributed by atoms with Crippen molar-refractivity contribution in [1.82, 2.24) is 0 Å². The Morgan fingerprint density at radius 1 is 0.824 bits per heavy atom. The van der Waals surface area contributed by atoms with Gasteiger partial charge in [-0.2, -0.15) is 0 Å². The fourth-order valence-corrected chi connectivity index (χ4v) is 2.79. The van der Waals surface area contributed by atoms with Crippen LogP contribution < -0.4 is 0 Å². The van der Waals surface area contributed by atoms with Gasteiger partial charge in [-0.25, -0.2) is 8.42 Å². The summed E-state index contributed by atoms with van der Waals surface area (Å²) >= 11 is 0. The fraction of sp³-hybridized carbons (Fsp3) is 0. The first kappa shape index (κ1) is 11.5. The van der Waals surface area contributed by atoms with Gasteiger partial charge in [-0.1, -0.05) is 12.1 Å². The van der Waals surface area contributed by atoms with E-state index < -0.39 is 9.84 Å². The van der Waals surface area contributed by atoms with Crippen molar-refractivity contribution in [2.75, 3.05) is 0 Å². The van der Waals surface area contributed by atoms with Gasteiger partial charge in [0.2, 0.25) is 9.84 Å². The Kier molecular flexibility index (Phi) is 2.77. The molecule has 0 saturated carbocycles. The minimum absolute atomic E-state index is 0.0127. The SMILES string of the molecule is O=S(=O)([13c]1[13cH][13cH][13c](O)[13cH][13cH]1)[13c]1[13cH][13cH][13cH][13cH][13c]1O. The third-order valence-electron chi connectivity index (χ3n) is 2.30. The van der Waals surface area contributed by atoms with Crippen LogP contribution in [0.25, 0.3) is 0 Å². The molecular formula is C12H10O4S. The Bertz CT molecular complexity index is 630. The third kappa shape index (κ3) is 2.09. The Morgan fingerprint density at radius 2 is 1.41 bits per heavy atom. The second kappa shape index (κ2) is 4.10. The van der Waals surface area contributed by atoms with E-state index in [1.165, 1.54) is 42.5 Å². The Morgan fingerprint density at radius 3 is 2.00 bits per heavy atom. The van der Waals surface area contributed by atoms with Crippen LogP contribution in [-0.2, 0) is 9.84 Å². The summed E-state index contributed by atoms with van der Waals surface area (Å²) in [5.41, 5.74) is 0. The van der Waals surface area contributed by atoms with Gasteiger partial charge in [-0.3, -0.25) is 0 Å². The lowest BCUT2D eigenvalue weighted by atomic mass is 11.3. The summed E-state index contributed by atoms with van der Waals surface area (Å²) in [5, 5.41) is 18.6. The molecule has 0 radical (unpaired) electrons. The first-order chi connectivity index (χ1) is 8.01. The molecule has 0 aliphatic rings. The zero-order valence-electron chi connectivity index (χ0n) is 8.74. The smallest absolute Gasteiger partial charge is 0.210 e. The molecule has 0 heterocycles. The summed E-state index contributed by atoms with van der Waals surface area (Å²) < 4.78 is 24.2. The van der Waals surface area contributed by atoms with E-state index >= 15 is 0 Å². The molecule has 0 aliphatic heterocycles. The fourth-order valence-electron chi connectivity index (χ4n) is 1.44. The van der Waals surface area contributed by atoms with Crippen LogP contribution in [0.2, 0.25) is 0 Å². The number of phenolic OH excluding ortho intramolecular Hbond substituents is 2. The van der Waals surface area contributed by atoms with Crippen molar-refractivity contribution in [3.8, 4) is 11.5 Å². The van der Waals surface area contributed by atoms with Crippen molar-refractivity contribution in [3.05, 3.63) is 48.5 Å². The first-order valence-electron chi connectivity index (χ1n) is 4.84. The molecule has 0 saturated heterocycles. The van der Waals surface area contributed by atoms with Crippen LogP contribution in [0.4, 0.5) is 0 Å². The van der Waals surface area contributed by atoms with Crippen molar-refractivity contribution in [3.63, 3.8) is 0 Å². The quantitative estimate of drug-likeness (QED) is 0.867. The number of hydrogen-bond donors (Lipinski definition) is 2. The molecule has 88 valence electrons. The second-order valence-corrected chi connectivity index (χ2v) is 5.38. The Balaban J connectivity index is 2.58. The number of para-hydroxylation sites is 1. The van der Waals surface area contributed by atoms with Crippen molar-refractivity contribution >= 4 is 9.84 Å². The summed E-state index contributed by atoms with van der Waals surface area (Å²) in [4.78, 5) is -0.123. The Hall–Kier alpha value is -2.01. The van der Waals surface area contributed by atoms with Crippen LogP contribution in [-0.4, -0.2) is 18.6 Å². The standard InChI is InChI=1S/C12H10O4S/c13-9-5-7-10(8-6-9)17(15,16)12-4-2-1-3-11(12)14/h1-8,13-14H/i1+1,2+1,3+1,4+1,5+1,6+1,7+1,8+1,9+1,10+1,11+1,12+1. The third-order valence-corrected chi connectivity index (χ3v) is 4.12. The van der Waals surface area contributed by atoms with E-state index in [2.05, 4.69) is 0 Å². The zero-order chi connectivity index (χ0) is 12.5. The molecule has 0 aliphatic carbocycles. The van der Waals surface area contributed by atoms with Gasteiger partial charge in [-0.15, -0.1) is 0 Å². The zero-order valence-corrected chi connectivity index (χ0v) is 9.55. The lowest BCUT2D eigenvalue weighted by Crippen LogP contribution is -2.01. The Labute approximate surface area is 98.7 Å². The highest BCUT2D eigenvalue weighted by Gasteiger charge is 2.20. The lowest BCUT2D eigenvalue weighted by Gasteiger charge is -2.06. The highest BCUT2D eigenvalue weighted by molar-refractivity contribution is 7.91. The first-order valence-corrected chi connectivity index (χ1v) is 6.32. The molecule has 2 aromatic rings. The molecule has 0 bridgehead atoms. The number of hydrogen-bond acceptors (Lipinski definition) is 4. The average molecular weight is 262 g/mol. The van der Waals surface area contributed by atoms with Gasteiger partial charge in [0.15, 0.2) is 0 Å². The molecule has 2 aromatic carbocycles. The predicted octanol–water partition coefficient (Wildman–Crippen LogP) is 1.93. The van der Waals surface area contributed by atoms with Crippen molar-refractivity contribution < 1.29 is 18.6 Å². The van der Waals surface area contributed by atoms with Gasteiger partial charge in [-0.05, 0) is 36.4 Å². The molecule has 2 N–H and O–H groups in total. The number of benzene rings is 2. The van der Waals surface area contributed by atoms with Gasteiger partial charge in [0, 0.05) is 0 Å². The van der Waals surface area contributed by atoms with Crippen molar-refractivity contribution in [1.29, 1.82) is 0 Å². The van der Waals surface area contributed by atoms with E-state index in [1.54, 1.807) is 6.07 Å². The largest absolute Gasteiger partial charge is 0.508 e. The van der Waals surface area contributed by atoms with Crippen LogP contribution in [0.3, 0.4) is 0 Å². The molecule has 0 unspecified atom stereocenters. The predicted molar refractivity (Wildman–Crippen MR) is 61.7 cm³/mol. The van der Waals surface area contributed by atoms with E-state index in [4.69, 9.17) is 5.11 Å². The molecule has 0 aromatic heterocycles. The summed E-state index contributed by atoms with van der Waals surface area (Å²) in [6.45, 7) is 0. The summed E-state index contributed by atoms with van der Waals surface area (Å²) in [6, 6.07) is 10.9. The van der Waals surface area contributed by atoms with Crippen LogP contribution in [0.1, 0.15) is 0 Å². The monoisotopic (exact) mass is 262 g/mol. The van der Waals surface area contributed by atoms with Crippen LogP contribution in [0.15, 0.2) is 58.3 Å².